The van der Waals surface area contributed by atoms with Crippen LogP contribution in [0.3, 0.4) is 0 Å². The monoisotopic (exact) mass is 387 g/mol. The van der Waals surface area contributed by atoms with E-state index in [-0.39, 0.29) is 12.3 Å². The van der Waals surface area contributed by atoms with Crippen molar-refractivity contribution in [3.05, 3.63) is 78.2 Å². The fourth-order valence-electron chi connectivity index (χ4n) is 4.13. The fraction of sp³-hybridized carbons (Fsp3) is 0.217. The van der Waals surface area contributed by atoms with E-state index in [0.717, 1.165) is 46.6 Å². The van der Waals surface area contributed by atoms with Crippen LogP contribution in [0.1, 0.15) is 30.0 Å². The van der Waals surface area contributed by atoms with Crippen LogP contribution in [-0.4, -0.2) is 25.4 Å². The Morgan fingerprint density at radius 2 is 2.03 bits per heavy atom. The maximum Gasteiger partial charge on any atom is 0.304 e. The molecule has 0 spiro atoms. The first-order valence-corrected chi connectivity index (χ1v) is 9.74. The summed E-state index contributed by atoms with van der Waals surface area (Å²) in [6.07, 6.45) is 4.75. The Morgan fingerprint density at radius 1 is 1.17 bits per heavy atom. The summed E-state index contributed by atoms with van der Waals surface area (Å²) in [5.74, 6) is 0.168. The van der Waals surface area contributed by atoms with Gasteiger partial charge in [0.1, 0.15) is 12.4 Å². The van der Waals surface area contributed by atoms with Crippen molar-refractivity contribution >= 4 is 16.9 Å². The minimum atomic E-state index is -0.740. The van der Waals surface area contributed by atoms with Gasteiger partial charge in [-0.2, -0.15) is 5.10 Å². The van der Waals surface area contributed by atoms with Gasteiger partial charge >= 0.3 is 5.97 Å². The Bertz CT molecular complexity index is 1160. The lowest BCUT2D eigenvalue weighted by Crippen LogP contribution is -2.02. The molecule has 0 saturated heterocycles. The smallest absolute Gasteiger partial charge is 0.304 e. The van der Waals surface area contributed by atoms with Crippen molar-refractivity contribution in [3.63, 3.8) is 0 Å². The minimum absolute atomic E-state index is 0.0950. The maximum absolute atomic E-state index is 11.1. The molecule has 1 aliphatic heterocycles. The molecule has 4 aromatic rings. The quantitative estimate of drug-likeness (QED) is 0.533. The Hall–Kier alpha value is -3.54. The molecular formula is C23H21N3O3. The third-order valence-corrected chi connectivity index (χ3v) is 5.56. The van der Waals surface area contributed by atoms with Gasteiger partial charge in [-0.1, -0.05) is 12.1 Å². The number of nitrogens with zero attached hydrogens (tertiary/aromatic N) is 3. The van der Waals surface area contributed by atoms with Gasteiger partial charge in [-0.3, -0.25) is 4.79 Å². The molecule has 3 heterocycles. The topological polar surface area (TPSA) is 69.3 Å². The van der Waals surface area contributed by atoms with E-state index in [1.54, 1.807) is 6.20 Å². The van der Waals surface area contributed by atoms with E-state index in [4.69, 9.17) is 9.84 Å². The molecule has 2 aromatic carbocycles. The Morgan fingerprint density at radius 3 is 2.79 bits per heavy atom. The molecule has 5 rings (SSSR count). The molecule has 0 bridgehead atoms. The molecule has 2 aromatic heterocycles. The van der Waals surface area contributed by atoms with Crippen LogP contribution < -0.4 is 4.74 Å². The molecule has 0 unspecified atom stereocenters. The first-order valence-electron chi connectivity index (χ1n) is 9.74. The fourth-order valence-corrected chi connectivity index (χ4v) is 4.13. The number of hydrogen-bond donors (Lipinski definition) is 1. The second-order valence-corrected chi connectivity index (χ2v) is 7.43. The van der Waals surface area contributed by atoms with Gasteiger partial charge in [0.05, 0.1) is 12.1 Å². The predicted octanol–water partition coefficient (Wildman–Crippen LogP) is 4.37. The number of aliphatic carboxylic acids is 1. The molecule has 6 heteroatoms. The van der Waals surface area contributed by atoms with E-state index in [9.17, 15) is 4.79 Å². The number of carboxylic acids is 1. The minimum Gasteiger partial charge on any atom is -0.489 e. The lowest BCUT2D eigenvalue weighted by Gasteiger charge is -2.08. The molecule has 1 N–H and O–H groups in total. The van der Waals surface area contributed by atoms with Crippen LogP contribution in [0.5, 0.6) is 5.75 Å². The molecule has 0 aliphatic carbocycles. The standard InChI is InChI=1S/C23H21N3O3/c27-23(28)14-17-8-11-25-21-7-6-20(12-18(21)13-22(17)25)29-15-16-2-4-19(5-3-16)26-10-1-9-24-26/h1-7,9-10,12-13,17H,8,11,14-15H2,(H,27,28)/t17-/m1/s1. The van der Waals surface area contributed by atoms with Crippen LogP contribution in [0.25, 0.3) is 16.6 Å². The SMILES string of the molecule is O=C(O)C[C@H]1CCn2c1cc1cc(OCc3ccc(-n4cccn4)cc3)ccc12. The Balaban J connectivity index is 1.31. The Kier molecular flexibility index (Phi) is 4.31. The number of carbonyl (C=O) groups is 1. The Labute approximate surface area is 168 Å². The zero-order valence-electron chi connectivity index (χ0n) is 15.9. The van der Waals surface area contributed by atoms with Gasteiger partial charge in [0.15, 0.2) is 0 Å². The first kappa shape index (κ1) is 17.6. The van der Waals surface area contributed by atoms with Crippen molar-refractivity contribution in [1.29, 1.82) is 0 Å². The summed E-state index contributed by atoms with van der Waals surface area (Å²) in [4.78, 5) is 11.1. The third kappa shape index (κ3) is 3.38. The van der Waals surface area contributed by atoms with Gasteiger partial charge in [-0.25, -0.2) is 4.68 Å². The number of ether oxygens (including phenoxy) is 1. The summed E-state index contributed by atoms with van der Waals surface area (Å²) in [6.45, 7) is 1.36. The molecule has 1 aliphatic rings. The second kappa shape index (κ2) is 7.13. The number of aromatic nitrogens is 3. The molecule has 0 amide bonds. The molecule has 146 valence electrons. The van der Waals surface area contributed by atoms with E-state index >= 15 is 0 Å². The van der Waals surface area contributed by atoms with Gasteiger partial charge in [-0.15, -0.1) is 0 Å². The summed E-state index contributed by atoms with van der Waals surface area (Å²) in [5.41, 5.74) is 4.36. The first-order chi connectivity index (χ1) is 14.2. The van der Waals surface area contributed by atoms with Gasteiger partial charge in [0.25, 0.3) is 0 Å². The average Bonchev–Trinajstić information content (AvgIpc) is 3.44. The van der Waals surface area contributed by atoms with Crippen LogP contribution in [0, 0.1) is 0 Å². The molecule has 29 heavy (non-hydrogen) atoms. The molecule has 0 radical (unpaired) electrons. The lowest BCUT2D eigenvalue weighted by atomic mass is 10.0. The molecule has 1 atom stereocenters. The van der Waals surface area contributed by atoms with Crippen LogP contribution in [0.4, 0.5) is 0 Å². The number of hydrogen-bond acceptors (Lipinski definition) is 3. The van der Waals surface area contributed by atoms with E-state index in [0.29, 0.717) is 6.61 Å². The number of aryl methyl sites for hydroxylation is 1. The van der Waals surface area contributed by atoms with Crippen LogP contribution >= 0.6 is 0 Å². The summed E-state index contributed by atoms with van der Waals surface area (Å²) in [6, 6.07) is 18.2. The van der Waals surface area contributed by atoms with Crippen molar-refractivity contribution in [2.24, 2.45) is 0 Å². The van der Waals surface area contributed by atoms with Crippen molar-refractivity contribution in [3.8, 4) is 11.4 Å². The summed E-state index contributed by atoms with van der Waals surface area (Å²) in [7, 11) is 0. The number of rotatable bonds is 6. The van der Waals surface area contributed by atoms with E-state index in [2.05, 4.69) is 21.8 Å². The molecule has 6 nitrogen and oxygen atoms in total. The molecule has 0 fully saturated rings. The average molecular weight is 387 g/mol. The molecule has 0 saturated carbocycles. The zero-order chi connectivity index (χ0) is 19.8. The normalized spacial score (nSPS) is 15.5. The maximum atomic E-state index is 11.1. The predicted molar refractivity (Wildman–Crippen MR) is 109 cm³/mol. The third-order valence-electron chi connectivity index (χ3n) is 5.56. The number of carboxylic acid groups (broad SMARTS) is 1. The van der Waals surface area contributed by atoms with E-state index in [1.807, 2.05) is 53.3 Å². The highest BCUT2D eigenvalue weighted by Crippen LogP contribution is 2.37. The largest absolute Gasteiger partial charge is 0.489 e. The highest BCUT2D eigenvalue weighted by Gasteiger charge is 2.26. The summed E-state index contributed by atoms with van der Waals surface area (Å²) in [5, 5.41) is 14.5. The van der Waals surface area contributed by atoms with Gasteiger partial charge in [0, 0.05) is 41.5 Å². The van der Waals surface area contributed by atoms with Crippen molar-refractivity contribution in [1.82, 2.24) is 14.3 Å². The van der Waals surface area contributed by atoms with Gasteiger partial charge in [0.2, 0.25) is 0 Å². The number of fused-ring (bicyclic) bond motifs is 3. The summed E-state index contributed by atoms with van der Waals surface area (Å²) < 4.78 is 10.1. The van der Waals surface area contributed by atoms with Crippen molar-refractivity contribution in [2.75, 3.05) is 0 Å². The van der Waals surface area contributed by atoms with Crippen LogP contribution in [0.2, 0.25) is 0 Å². The second-order valence-electron chi connectivity index (χ2n) is 7.43. The zero-order valence-corrected chi connectivity index (χ0v) is 15.9. The lowest BCUT2D eigenvalue weighted by molar-refractivity contribution is -0.137. The van der Waals surface area contributed by atoms with Gasteiger partial charge in [-0.05, 0) is 54.4 Å². The van der Waals surface area contributed by atoms with E-state index in [1.165, 1.54) is 0 Å². The van der Waals surface area contributed by atoms with Crippen LogP contribution in [0.15, 0.2) is 67.0 Å². The van der Waals surface area contributed by atoms with Crippen molar-refractivity contribution in [2.45, 2.75) is 31.9 Å². The van der Waals surface area contributed by atoms with Gasteiger partial charge < -0.3 is 14.4 Å². The molecular weight excluding hydrogens is 366 g/mol. The highest BCUT2D eigenvalue weighted by molar-refractivity contribution is 5.83. The van der Waals surface area contributed by atoms with E-state index < -0.39 is 5.97 Å². The summed E-state index contributed by atoms with van der Waals surface area (Å²) >= 11 is 0. The number of benzene rings is 2. The van der Waals surface area contributed by atoms with Crippen LogP contribution in [-0.2, 0) is 17.9 Å². The van der Waals surface area contributed by atoms with Crippen molar-refractivity contribution < 1.29 is 14.6 Å². The highest BCUT2D eigenvalue weighted by atomic mass is 16.5.